The van der Waals surface area contributed by atoms with Crippen molar-refractivity contribution in [2.45, 2.75) is 59.0 Å². The quantitative estimate of drug-likeness (QED) is 0.749. The first-order valence-electron chi connectivity index (χ1n) is 11.2. The maximum atomic E-state index is 13.5. The van der Waals surface area contributed by atoms with Crippen molar-refractivity contribution in [1.29, 1.82) is 0 Å². The number of hydrogen-bond donors (Lipinski definition) is 0. The predicted molar refractivity (Wildman–Crippen MR) is 122 cm³/mol. The molecule has 2 aliphatic rings. The molecule has 0 saturated carbocycles. The third-order valence-corrected chi connectivity index (χ3v) is 6.22. The van der Waals surface area contributed by atoms with Crippen molar-refractivity contribution in [2.75, 3.05) is 31.1 Å². The molecule has 2 aliphatic heterocycles. The molecular weight excluding hydrogens is 390 g/mol. The van der Waals surface area contributed by atoms with Gasteiger partial charge in [-0.3, -0.25) is 9.78 Å². The van der Waals surface area contributed by atoms with Crippen molar-refractivity contribution >= 4 is 11.6 Å². The Morgan fingerprint density at radius 3 is 2.52 bits per heavy atom. The number of hydrogen-bond acceptors (Lipinski definition) is 5. The Balaban J connectivity index is 1.55. The fourth-order valence-corrected chi connectivity index (χ4v) is 4.60. The molecule has 4 atom stereocenters. The highest BCUT2D eigenvalue weighted by molar-refractivity contribution is 5.93. The Hall–Kier alpha value is -2.44. The predicted octanol–water partition coefficient (Wildman–Crippen LogP) is 3.91. The minimum Gasteiger partial charge on any atom is -0.372 e. The molecule has 31 heavy (non-hydrogen) atoms. The highest BCUT2D eigenvalue weighted by Crippen LogP contribution is 2.29. The molecule has 3 heterocycles. The molecule has 0 radical (unpaired) electrons. The van der Waals surface area contributed by atoms with Crippen LogP contribution in [0.1, 0.15) is 54.1 Å². The van der Waals surface area contributed by atoms with E-state index in [1.807, 2.05) is 24.0 Å². The highest BCUT2D eigenvalue weighted by Gasteiger charge is 2.33. The van der Waals surface area contributed by atoms with Gasteiger partial charge in [-0.2, -0.15) is 0 Å². The van der Waals surface area contributed by atoms with Gasteiger partial charge in [-0.05, 0) is 57.9 Å². The van der Waals surface area contributed by atoms with Crippen LogP contribution < -0.4 is 4.90 Å². The summed E-state index contributed by atoms with van der Waals surface area (Å²) in [6, 6.07) is 10.3. The SMILES string of the molecule is Cc1ccc(C)c([C@@H]2CN(C(=O)c3cc(N4C[C@H](C)O[C@@H](C)C4)ccn3)[C@@H](C)CO2)c1. The summed E-state index contributed by atoms with van der Waals surface area (Å²) >= 11 is 0. The first-order valence-corrected chi connectivity index (χ1v) is 11.2. The molecule has 1 aromatic carbocycles. The molecule has 2 fully saturated rings. The molecule has 166 valence electrons. The number of carbonyl (C=O) groups excluding carboxylic acids is 1. The van der Waals surface area contributed by atoms with Gasteiger partial charge >= 0.3 is 0 Å². The van der Waals surface area contributed by atoms with E-state index in [1.54, 1.807) is 6.20 Å². The largest absolute Gasteiger partial charge is 0.372 e. The van der Waals surface area contributed by atoms with E-state index in [-0.39, 0.29) is 30.3 Å². The second kappa shape index (κ2) is 8.97. The van der Waals surface area contributed by atoms with Gasteiger partial charge in [0.05, 0.1) is 31.4 Å². The van der Waals surface area contributed by atoms with Gasteiger partial charge in [0.15, 0.2) is 0 Å². The summed E-state index contributed by atoms with van der Waals surface area (Å²) in [6.07, 6.45) is 1.94. The normalized spacial score (nSPS) is 26.7. The number of ether oxygens (including phenoxy) is 2. The van der Waals surface area contributed by atoms with Crippen LogP contribution in [0.15, 0.2) is 36.5 Å². The Labute approximate surface area is 185 Å². The van der Waals surface area contributed by atoms with Crippen molar-refractivity contribution in [1.82, 2.24) is 9.88 Å². The maximum absolute atomic E-state index is 13.5. The van der Waals surface area contributed by atoms with E-state index in [1.165, 1.54) is 11.1 Å². The van der Waals surface area contributed by atoms with Crippen LogP contribution >= 0.6 is 0 Å². The molecule has 6 heteroatoms. The van der Waals surface area contributed by atoms with E-state index < -0.39 is 0 Å². The molecule has 0 unspecified atom stereocenters. The average Bonchev–Trinajstić information content (AvgIpc) is 2.75. The molecule has 2 saturated heterocycles. The van der Waals surface area contributed by atoms with Crippen molar-refractivity contribution in [3.8, 4) is 0 Å². The second-order valence-corrected chi connectivity index (χ2v) is 9.05. The monoisotopic (exact) mass is 423 g/mol. The Kier molecular flexibility index (Phi) is 6.30. The molecule has 1 amide bonds. The van der Waals surface area contributed by atoms with Crippen LogP contribution in [-0.4, -0.2) is 60.3 Å². The zero-order valence-electron chi connectivity index (χ0n) is 19.2. The topological polar surface area (TPSA) is 54.9 Å². The van der Waals surface area contributed by atoms with Crippen LogP contribution in [0.4, 0.5) is 5.69 Å². The van der Waals surface area contributed by atoms with Gasteiger partial charge in [-0.1, -0.05) is 23.8 Å². The summed E-state index contributed by atoms with van der Waals surface area (Å²) in [6.45, 7) is 13.0. The van der Waals surface area contributed by atoms with Gasteiger partial charge in [0, 0.05) is 25.0 Å². The van der Waals surface area contributed by atoms with Crippen LogP contribution in [0.3, 0.4) is 0 Å². The first kappa shape index (κ1) is 21.8. The van der Waals surface area contributed by atoms with Crippen molar-refractivity contribution in [2.24, 2.45) is 0 Å². The lowest BCUT2D eigenvalue weighted by atomic mass is 9.98. The molecule has 2 aromatic rings. The lowest BCUT2D eigenvalue weighted by molar-refractivity contribution is -0.0491. The zero-order chi connectivity index (χ0) is 22.1. The fraction of sp³-hybridized carbons (Fsp3) is 0.520. The summed E-state index contributed by atoms with van der Waals surface area (Å²) in [5, 5.41) is 0. The number of morpholine rings is 2. The molecule has 0 spiro atoms. The average molecular weight is 424 g/mol. The van der Waals surface area contributed by atoms with E-state index in [9.17, 15) is 4.79 Å². The third-order valence-electron chi connectivity index (χ3n) is 6.22. The van der Waals surface area contributed by atoms with Gasteiger partial charge in [-0.15, -0.1) is 0 Å². The minimum absolute atomic E-state index is 0.00255. The molecule has 1 aromatic heterocycles. The standard InChI is InChI=1S/C25H33N3O3/c1-16-6-7-17(2)22(10-16)24-14-28(18(3)15-30-24)25(29)23-11-21(8-9-26-23)27-12-19(4)31-20(5)13-27/h6-11,18-20,24H,12-15H2,1-5H3/t18-,19-,20-,24-/m0/s1. The number of anilines is 1. The Morgan fingerprint density at radius 1 is 1.03 bits per heavy atom. The van der Waals surface area contributed by atoms with E-state index in [2.05, 4.69) is 55.8 Å². The molecule has 4 rings (SSSR count). The van der Waals surface area contributed by atoms with Gasteiger partial charge < -0.3 is 19.3 Å². The van der Waals surface area contributed by atoms with Gasteiger partial charge in [-0.25, -0.2) is 0 Å². The molecule has 0 aliphatic carbocycles. The van der Waals surface area contributed by atoms with E-state index in [0.717, 1.165) is 24.3 Å². The lowest BCUT2D eigenvalue weighted by Gasteiger charge is -2.39. The Bertz CT molecular complexity index is 937. The molecule has 0 bridgehead atoms. The summed E-state index contributed by atoms with van der Waals surface area (Å²) in [5.74, 6) is -0.0395. The lowest BCUT2D eigenvalue weighted by Crippen LogP contribution is -2.48. The number of nitrogens with zero attached hydrogens (tertiary/aromatic N) is 3. The first-order chi connectivity index (χ1) is 14.8. The van der Waals surface area contributed by atoms with Crippen LogP contribution in [0.25, 0.3) is 0 Å². The summed E-state index contributed by atoms with van der Waals surface area (Å²) < 4.78 is 12.0. The van der Waals surface area contributed by atoms with Gasteiger partial charge in [0.25, 0.3) is 5.91 Å². The van der Waals surface area contributed by atoms with Crippen LogP contribution in [0.2, 0.25) is 0 Å². The number of carbonyl (C=O) groups is 1. The number of rotatable bonds is 3. The summed E-state index contributed by atoms with van der Waals surface area (Å²) in [4.78, 5) is 22.1. The molecule has 0 N–H and O–H groups in total. The van der Waals surface area contributed by atoms with Crippen molar-refractivity contribution in [3.05, 3.63) is 58.9 Å². The number of benzene rings is 1. The van der Waals surface area contributed by atoms with Crippen LogP contribution in [-0.2, 0) is 9.47 Å². The number of aromatic nitrogens is 1. The molecular formula is C25H33N3O3. The second-order valence-electron chi connectivity index (χ2n) is 9.05. The minimum atomic E-state index is -0.121. The van der Waals surface area contributed by atoms with Gasteiger partial charge in [0.2, 0.25) is 0 Å². The van der Waals surface area contributed by atoms with E-state index in [4.69, 9.17) is 9.47 Å². The van der Waals surface area contributed by atoms with E-state index in [0.29, 0.717) is 18.8 Å². The van der Waals surface area contributed by atoms with E-state index >= 15 is 0 Å². The zero-order valence-corrected chi connectivity index (χ0v) is 19.2. The van der Waals surface area contributed by atoms with Crippen molar-refractivity contribution in [3.63, 3.8) is 0 Å². The molecule has 6 nitrogen and oxygen atoms in total. The van der Waals surface area contributed by atoms with Gasteiger partial charge in [0.1, 0.15) is 11.8 Å². The Morgan fingerprint density at radius 2 is 1.77 bits per heavy atom. The van der Waals surface area contributed by atoms with Crippen LogP contribution in [0.5, 0.6) is 0 Å². The number of pyridine rings is 1. The fourth-order valence-electron chi connectivity index (χ4n) is 4.60. The highest BCUT2D eigenvalue weighted by atomic mass is 16.5. The number of amides is 1. The third kappa shape index (κ3) is 4.75. The maximum Gasteiger partial charge on any atom is 0.272 e. The summed E-state index contributed by atoms with van der Waals surface area (Å²) in [5.41, 5.74) is 5.05. The van der Waals surface area contributed by atoms with Crippen molar-refractivity contribution < 1.29 is 14.3 Å². The number of aryl methyl sites for hydroxylation is 2. The summed E-state index contributed by atoms with van der Waals surface area (Å²) in [7, 11) is 0. The van der Waals surface area contributed by atoms with Crippen LogP contribution in [0, 0.1) is 13.8 Å². The smallest absolute Gasteiger partial charge is 0.272 e.